The van der Waals surface area contributed by atoms with Gasteiger partial charge in [-0.05, 0) is 31.2 Å². The van der Waals surface area contributed by atoms with E-state index in [-0.39, 0.29) is 25.0 Å². The van der Waals surface area contributed by atoms with Crippen molar-refractivity contribution in [2.45, 2.75) is 27.4 Å². The molecule has 0 bridgehead atoms. The summed E-state index contributed by atoms with van der Waals surface area (Å²) in [5, 5.41) is 15.9. The molecule has 0 radical (unpaired) electrons. The fourth-order valence-electron chi connectivity index (χ4n) is 2.66. The number of carbonyl (C=O) groups is 1. The second kappa shape index (κ2) is 9.22. The van der Waals surface area contributed by atoms with E-state index >= 15 is 0 Å². The van der Waals surface area contributed by atoms with Gasteiger partial charge in [-0.3, -0.25) is 4.79 Å². The van der Waals surface area contributed by atoms with Gasteiger partial charge in [-0.2, -0.15) is 0 Å². The van der Waals surface area contributed by atoms with Gasteiger partial charge in [0.2, 0.25) is 5.88 Å². The molecular weight excluding hydrogens is 408 g/mol. The number of nitrogens with zero attached hydrogens (tertiary/aromatic N) is 2. The molecule has 1 aromatic carbocycles. The minimum absolute atomic E-state index is 0.0346. The second-order valence-corrected chi connectivity index (χ2v) is 7.87. The summed E-state index contributed by atoms with van der Waals surface area (Å²) in [5.74, 6) is -1.50. The lowest BCUT2D eigenvalue weighted by Crippen LogP contribution is -2.36. The molecule has 0 spiro atoms. The zero-order chi connectivity index (χ0) is 22.6. The molecule has 9 heteroatoms. The first-order valence-electron chi connectivity index (χ1n) is 9.58. The topological polar surface area (TPSA) is 97.5 Å². The van der Waals surface area contributed by atoms with Gasteiger partial charge in [0.25, 0.3) is 5.91 Å². The lowest BCUT2D eigenvalue weighted by Gasteiger charge is -2.21. The third-order valence-electron chi connectivity index (χ3n) is 4.70. The maximum Gasteiger partial charge on any atom is 0.252 e. The largest absolute Gasteiger partial charge is 0.473 e. The van der Waals surface area contributed by atoms with E-state index in [9.17, 15) is 18.7 Å². The molecule has 0 atom stereocenters. The summed E-state index contributed by atoms with van der Waals surface area (Å²) >= 11 is 0. The van der Waals surface area contributed by atoms with Crippen LogP contribution in [0.2, 0.25) is 0 Å². The highest BCUT2D eigenvalue weighted by atomic mass is 19.2. The Kier molecular flexibility index (Phi) is 6.65. The number of benzene rings is 1. The Morgan fingerprint density at radius 3 is 2.65 bits per heavy atom. The minimum Gasteiger partial charge on any atom is -0.473 e. The molecule has 3 aromatic rings. The third kappa shape index (κ3) is 5.43. The molecule has 2 aromatic heterocycles. The first kappa shape index (κ1) is 22.4. The Bertz CT molecular complexity index is 1070. The number of carbonyl (C=O) groups excluding carboxylic acids is 1. The highest BCUT2D eigenvalue weighted by Gasteiger charge is 2.19. The van der Waals surface area contributed by atoms with Crippen molar-refractivity contribution in [2.75, 3.05) is 13.2 Å². The van der Waals surface area contributed by atoms with Gasteiger partial charge >= 0.3 is 0 Å². The van der Waals surface area contributed by atoms with Crippen LogP contribution in [-0.2, 0) is 6.61 Å². The Balaban J connectivity index is 1.66. The Labute approximate surface area is 178 Å². The van der Waals surface area contributed by atoms with Gasteiger partial charge in [-0.15, -0.1) is 0 Å². The number of nitrogens with one attached hydrogen (secondary N) is 1. The van der Waals surface area contributed by atoms with E-state index in [1.165, 1.54) is 12.3 Å². The summed E-state index contributed by atoms with van der Waals surface area (Å²) in [6.45, 7) is 5.66. The van der Waals surface area contributed by atoms with E-state index in [0.717, 1.165) is 12.1 Å². The number of ether oxygens (including phenoxy) is 1. The molecule has 0 saturated carbocycles. The van der Waals surface area contributed by atoms with Crippen LogP contribution in [0.15, 0.2) is 41.1 Å². The summed E-state index contributed by atoms with van der Waals surface area (Å²) in [6, 6.07) is 6.58. The van der Waals surface area contributed by atoms with Crippen LogP contribution < -0.4 is 10.1 Å². The predicted octanol–water partition coefficient (Wildman–Crippen LogP) is 3.65. The van der Waals surface area contributed by atoms with Crippen LogP contribution in [0, 0.1) is 24.0 Å². The van der Waals surface area contributed by atoms with Crippen molar-refractivity contribution in [1.82, 2.24) is 15.5 Å². The monoisotopic (exact) mass is 431 g/mol. The number of rotatable bonds is 8. The molecule has 2 N–H and O–H groups in total. The molecule has 0 aliphatic heterocycles. The Morgan fingerprint density at radius 1 is 1.23 bits per heavy atom. The van der Waals surface area contributed by atoms with Crippen LogP contribution in [0.25, 0.3) is 11.3 Å². The number of amides is 1. The molecule has 0 saturated heterocycles. The highest BCUT2D eigenvalue weighted by molar-refractivity contribution is 5.93. The SMILES string of the molecule is Cc1onc(-c2ccc(F)c(F)c2)c1COc1ccc(C(=O)NCC(C)(C)CO)cn1. The Hall–Kier alpha value is -3.33. The summed E-state index contributed by atoms with van der Waals surface area (Å²) in [7, 11) is 0. The van der Waals surface area contributed by atoms with Gasteiger partial charge in [0, 0.05) is 36.4 Å². The second-order valence-electron chi connectivity index (χ2n) is 7.87. The van der Waals surface area contributed by atoms with Crippen molar-refractivity contribution in [1.29, 1.82) is 0 Å². The van der Waals surface area contributed by atoms with Crippen LogP contribution in [0.5, 0.6) is 5.88 Å². The van der Waals surface area contributed by atoms with E-state index < -0.39 is 17.0 Å². The smallest absolute Gasteiger partial charge is 0.252 e. The number of hydrogen-bond donors (Lipinski definition) is 2. The van der Waals surface area contributed by atoms with Crippen LogP contribution in [0.1, 0.15) is 35.5 Å². The number of aryl methyl sites for hydroxylation is 1. The number of aliphatic hydroxyl groups excluding tert-OH is 1. The van der Waals surface area contributed by atoms with Crippen LogP contribution >= 0.6 is 0 Å². The summed E-state index contributed by atoms with van der Waals surface area (Å²) in [4.78, 5) is 16.3. The van der Waals surface area contributed by atoms with Crippen molar-refractivity contribution in [2.24, 2.45) is 5.41 Å². The molecule has 7 nitrogen and oxygen atoms in total. The zero-order valence-corrected chi connectivity index (χ0v) is 17.4. The molecule has 0 aliphatic carbocycles. The molecule has 3 rings (SSSR count). The maximum atomic E-state index is 13.6. The summed E-state index contributed by atoms with van der Waals surface area (Å²) in [5.41, 5.74) is 1.21. The van der Waals surface area contributed by atoms with Crippen molar-refractivity contribution in [3.05, 3.63) is 65.1 Å². The molecule has 164 valence electrons. The lowest BCUT2D eigenvalue weighted by molar-refractivity contribution is 0.0910. The van der Waals surface area contributed by atoms with Gasteiger partial charge in [-0.1, -0.05) is 19.0 Å². The minimum atomic E-state index is -0.983. The van der Waals surface area contributed by atoms with Crippen LogP contribution in [-0.4, -0.2) is 34.3 Å². The van der Waals surface area contributed by atoms with Gasteiger partial charge in [0.05, 0.1) is 11.1 Å². The molecular formula is C22H23F2N3O4. The normalized spacial score (nSPS) is 11.4. The number of pyridine rings is 1. The molecule has 31 heavy (non-hydrogen) atoms. The van der Waals surface area contributed by atoms with Crippen LogP contribution in [0.3, 0.4) is 0 Å². The van der Waals surface area contributed by atoms with Crippen LogP contribution in [0.4, 0.5) is 8.78 Å². The van der Waals surface area contributed by atoms with E-state index in [1.54, 1.807) is 19.1 Å². The summed E-state index contributed by atoms with van der Waals surface area (Å²) < 4.78 is 37.6. The van der Waals surface area contributed by atoms with Gasteiger partial charge in [-0.25, -0.2) is 13.8 Å². The number of halogens is 2. The first-order chi connectivity index (χ1) is 14.7. The van der Waals surface area contributed by atoms with Crippen molar-refractivity contribution in [3.63, 3.8) is 0 Å². The van der Waals surface area contributed by atoms with E-state index in [2.05, 4.69) is 15.5 Å². The lowest BCUT2D eigenvalue weighted by atomic mass is 9.95. The van der Waals surface area contributed by atoms with Crippen molar-refractivity contribution >= 4 is 5.91 Å². The van der Waals surface area contributed by atoms with E-state index in [0.29, 0.717) is 34.7 Å². The van der Waals surface area contributed by atoms with Gasteiger partial charge in [0.15, 0.2) is 11.6 Å². The van der Waals surface area contributed by atoms with E-state index in [1.807, 2.05) is 13.8 Å². The van der Waals surface area contributed by atoms with Gasteiger partial charge < -0.3 is 19.7 Å². The third-order valence-corrected chi connectivity index (χ3v) is 4.70. The van der Waals surface area contributed by atoms with E-state index in [4.69, 9.17) is 9.26 Å². The standard InChI is InChI=1S/C22H23F2N3O4/c1-13-16(20(27-31-13)14-4-6-17(23)18(24)8-14)10-30-19-7-5-15(9-25-19)21(29)26-11-22(2,3)12-28/h4-9,28H,10-12H2,1-3H3,(H,26,29). The molecule has 0 unspecified atom stereocenters. The fourth-order valence-corrected chi connectivity index (χ4v) is 2.66. The zero-order valence-electron chi connectivity index (χ0n) is 17.4. The number of aromatic nitrogens is 2. The van der Waals surface area contributed by atoms with Gasteiger partial charge in [0.1, 0.15) is 18.1 Å². The average Bonchev–Trinajstić information content (AvgIpc) is 3.13. The molecule has 0 fully saturated rings. The molecule has 1 amide bonds. The number of hydrogen-bond acceptors (Lipinski definition) is 6. The predicted molar refractivity (Wildman–Crippen MR) is 108 cm³/mol. The quantitative estimate of drug-likeness (QED) is 0.565. The fraction of sp³-hybridized carbons (Fsp3) is 0.318. The average molecular weight is 431 g/mol. The van der Waals surface area contributed by atoms with Crippen molar-refractivity contribution in [3.8, 4) is 17.1 Å². The maximum absolute atomic E-state index is 13.6. The first-order valence-corrected chi connectivity index (χ1v) is 9.58. The van der Waals surface area contributed by atoms with Crippen molar-refractivity contribution < 1.29 is 27.9 Å². The summed E-state index contributed by atoms with van der Waals surface area (Å²) in [6.07, 6.45) is 1.38. The number of aliphatic hydroxyl groups is 1. The molecule has 2 heterocycles. The molecule has 0 aliphatic rings. The highest BCUT2D eigenvalue weighted by Crippen LogP contribution is 2.27. The Morgan fingerprint density at radius 2 is 2.00 bits per heavy atom.